The normalized spacial score (nSPS) is 14.2. The summed E-state index contributed by atoms with van der Waals surface area (Å²) < 4.78 is 11.1. The SMILES string of the molecule is CCc1cc(OC)cc2nc(-c3cccnc3N3CCN(c4nccs4)CC3)oc(=O)c12. The lowest BCUT2D eigenvalue weighted by Crippen LogP contribution is -2.47. The summed E-state index contributed by atoms with van der Waals surface area (Å²) in [5, 5.41) is 3.53. The number of pyridine rings is 1. The Labute approximate surface area is 189 Å². The topological polar surface area (TPSA) is 84.6 Å². The van der Waals surface area contributed by atoms with Crippen molar-refractivity contribution in [1.29, 1.82) is 0 Å². The van der Waals surface area contributed by atoms with Gasteiger partial charge in [-0.2, -0.15) is 0 Å². The number of aryl methyl sites for hydroxylation is 1. The Hall–Kier alpha value is -3.46. The van der Waals surface area contributed by atoms with Gasteiger partial charge < -0.3 is 19.0 Å². The minimum atomic E-state index is -0.395. The summed E-state index contributed by atoms with van der Waals surface area (Å²) in [5.74, 6) is 1.70. The smallest absolute Gasteiger partial charge is 0.347 e. The van der Waals surface area contributed by atoms with Gasteiger partial charge in [-0.25, -0.2) is 19.7 Å². The van der Waals surface area contributed by atoms with Gasteiger partial charge in [-0.3, -0.25) is 0 Å². The number of thiazole rings is 1. The Bertz CT molecular complexity index is 1300. The Morgan fingerprint density at radius 3 is 2.66 bits per heavy atom. The van der Waals surface area contributed by atoms with E-state index in [1.54, 1.807) is 30.7 Å². The number of nitrogens with zero attached hydrogens (tertiary/aromatic N) is 5. The van der Waals surface area contributed by atoms with Crippen molar-refractivity contribution in [2.24, 2.45) is 0 Å². The van der Waals surface area contributed by atoms with E-state index < -0.39 is 5.63 Å². The molecule has 8 nitrogen and oxygen atoms in total. The second-order valence-corrected chi connectivity index (χ2v) is 8.38. The summed E-state index contributed by atoms with van der Waals surface area (Å²) in [6.07, 6.45) is 4.26. The van der Waals surface area contributed by atoms with Crippen molar-refractivity contribution in [2.75, 3.05) is 43.1 Å². The lowest BCUT2D eigenvalue weighted by Gasteiger charge is -2.35. The van der Waals surface area contributed by atoms with Crippen LogP contribution in [0.2, 0.25) is 0 Å². The Kier molecular flexibility index (Phi) is 5.48. The Morgan fingerprint density at radius 1 is 1.12 bits per heavy atom. The first kappa shape index (κ1) is 20.4. The lowest BCUT2D eigenvalue weighted by molar-refractivity contribution is 0.414. The number of fused-ring (bicyclic) bond motifs is 1. The number of hydrogen-bond donors (Lipinski definition) is 0. The van der Waals surface area contributed by atoms with Crippen LogP contribution in [0.4, 0.5) is 10.9 Å². The van der Waals surface area contributed by atoms with E-state index in [4.69, 9.17) is 14.1 Å². The fourth-order valence-electron chi connectivity index (χ4n) is 4.06. The van der Waals surface area contributed by atoms with E-state index in [1.165, 1.54) is 0 Å². The predicted octanol–water partition coefficient (Wildman–Crippen LogP) is 3.60. The number of benzene rings is 1. The zero-order valence-corrected chi connectivity index (χ0v) is 18.8. The number of piperazine rings is 1. The van der Waals surface area contributed by atoms with E-state index in [0.717, 1.165) is 42.7 Å². The molecule has 1 aliphatic heterocycles. The number of anilines is 2. The molecular weight excluding hydrogens is 426 g/mol. The second kappa shape index (κ2) is 8.58. The molecule has 5 rings (SSSR count). The molecule has 9 heteroatoms. The highest BCUT2D eigenvalue weighted by Crippen LogP contribution is 2.31. The van der Waals surface area contributed by atoms with Crippen LogP contribution in [0.1, 0.15) is 12.5 Å². The molecule has 1 aromatic carbocycles. The van der Waals surface area contributed by atoms with Gasteiger partial charge in [0.25, 0.3) is 0 Å². The summed E-state index contributed by atoms with van der Waals surface area (Å²) in [5.41, 5.74) is 1.73. The molecule has 4 heterocycles. The van der Waals surface area contributed by atoms with Crippen LogP contribution >= 0.6 is 11.3 Å². The summed E-state index contributed by atoms with van der Waals surface area (Å²) in [7, 11) is 1.61. The van der Waals surface area contributed by atoms with Gasteiger partial charge in [0.2, 0.25) is 5.89 Å². The van der Waals surface area contributed by atoms with E-state index in [-0.39, 0.29) is 5.89 Å². The quantitative estimate of drug-likeness (QED) is 0.457. The predicted molar refractivity (Wildman–Crippen MR) is 126 cm³/mol. The summed E-state index contributed by atoms with van der Waals surface area (Å²) >= 11 is 1.65. The third-order valence-electron chi connectivity index (χ3n) is 5.69. The molecule has 0 N–H and O–H groups in total. The molecular formula is C23H23N5O3S. The van der Waals surface area contributed by atoms with Crippen LogP contribution in [0.25, 0.3) is 22.4 Å². The molecule has 0 atom stereocenters. The van der Waals surface area contributed by atoms with Gasteiger partial charge in [-0.05, 0) is 30.2 Å². The Balaban J connectivity index is 1.52. The largest absolute Gasteiger partial charge is 0.497 e. The molecule has 0 bridgehead atoms. The highest BCUT2D eigenvalue weighted by molar-refractivity contribution is 7.13. The third kappa shape index (κ3) is 3.69. The minimum Gasteiger partial charge on any atom is -0.497 e. The van der Waals surface area contributed by atoms with Gasteiger partial charge in [0.15, 0.2) is 5.13 Å². The molecule has 0 aliphatic carbocycles. The minimum absolute atomic E-state index is 0.267. The van der Waals surface area contributed by atoms with Crippen molar-refractivity contribution in [3.63, 3.8) is 0 Å². The summed E-state index contributed by atoms with van der Waals surface area (Å²) in [6, 6.07) is 7.36. The van der Waals surface area contributed by atoms with E-state index in [9.17, 15) is 4.79 Å². The third-order valence-corrected chi connectivity index (χ3v) is 6.52. The van der Waals surface area contributed by atoms with Crippen molar-refractivity contribution in [2.45, 2.75) is 13.3 Å². The first-order chi connectivity index (χ1) is 15.7. The number of ether oxygens (including phenoxy) is 1. The zero-order valence-electron chi connectivity index (χ0n) is 17.9. The van der Waals surface area contributed by atoms with E-state index in [0.29, 0.717) is 28.6 Å². The fraction of sp³-hybridized carbons (Fsp3) is 0.304. The summed E-state index contributed by atoms with van der Waals surface area (Å²) in [6.45, 7) is 5.25. The van der Waals surface area contributed by atoms with Crippen LogP contribution in [0.5, 0.6) is 5.75 Å². The average molecular weight is 450 g/mol. The number of methoxy groups -OCH3 is 1. The zero-order chi connectivity index (χ0) is 22.1. The maximum Gasteiger partial charge on any atom is 0.347 e. The fourth-order valence-corrected chi connectivity index (χ4v) is 4.76. The number of hydrogen-bond acceptors (Lipinski definition) is 9. The molecule has 3 aromatic heterocycles. The van der Waals surface area contributed by atoms with Gasteiger partial charge in [0, 0.05) is 50.0 Å². The van der Waals surface area contributed by atoms with Crippen molar-refractivity contribution in [3.8, 4) is 17.2 Å². The van der Waals surface area contributed by atoms with E-state index in [1.807, 2.05) is 36.7 Å². The molecule has 32 heavy (non-hydrogen) atoms. The van der Waals surface area contributed by atoms with Gasteiger partial charge in [0.05, 0.1) is 23.6 Å². The molecule has 4 aromatic rings. The maximum atomic E-state index is 12.9. The van der Waals surface area contributed by atoms with Crippen molar-refractivity contribution in [3.05, 3.63) is 58.0 Å². The Morgan fingerprint density at radius 2 is 1.94 bits per heavy atom. The van der Waals surface area contributed by atoms with Gasteiger partial charge in [-0.15, -0.1) is 11.3 Å². The van der Waals surface area contributed by atoms with Crippen molar-refractivity contribution in [1.82, 2.24) is 15.0 Å². The monoisotopic (exact) mass is 449 g/mol. The maximum absolute atomic E-state index is 12.9. The van der Waals surface area contributed by atoms with Gasteiger partial charge >= 0.3 is 5.63 Å². The average Bonchev–Trinajstić information content (AvgIpc) is 3.38. The highest BCUT2D eigenvalue weighted by Gasteiger charge is 2.24. The van der Waals surface area contributed by atoms with Crippen LogP contribution in [0.3, 0.4) is 0 Å². The van der Waals surface area contributed by atoms with Crippen molar-refractivity contribution >= 4 is 33.2 Å². The molecule has 1 fully saturated rings. The first-order valence-corrected chi connectivity index (χ1v) is 11.4. The highest BCUT2D eigenvalue weighted by atomic mass is 32.1. The number of aromatic nitrogens is 3. The van der Waals surface area contributed by atoms with Crippen LogP contribution in [-0.4, -0.2) is 48.2 Å². The molecule has 164 valence electrons. The molecule has 0 unspecified atom stereocenters. The van der Waals surface area contributed by atoms with E-state index in [2.05, 4.69) is 19.8 Å². The van der Waals surface area contributed by atoms with Gasteiger partial charge in [-0.1, -0.05) is 6.92 Å². The van der Waals surface area contributed by atoms with E-state index >= 15 is 0 Å². The molecule has 0 spiro atoms. The van der Waals surface area contributed by atoms with Crippen LogP contribution < -0.4 is 20.2 Å². The summed E-state index contributed by atoms with van der Waals surface area (Å²) in [4.78, 5) is 31.1. The molecule has 0 amide bonds. The van der Waals surface area contributed by atoms with Crippen LogP contribution in [-0.2, 0) is 6.42 Å². The second-order valence-electron chi connectivity index (χ2n) is 7.50. The van der Waals surface area contributed by atoms with Crippen LogP contribution in [0, 0.1) is 0 Å². The molecule has 0 saturated carbocycles. The van der Waals surface area contributed by atoms with Crippen molar-refractivity contribution < 1.29 is 9.15 Å². The standard InChI is InChI=1S/C23H23N5O3S/c1-3-15-13-16(30-2)14-18-19(15)22(29)31-21(26-18)17-5-4-6-24-20(17)27-8-10-28(11-9-27)23-25-7-12-32-23/h4-7,12-14H,3,8-11H2,1-2H3. The van der Waals surface area contributed by atoms with Gasteiger partial charge in [0.1, 0.15) is 11.6 Å². The lowest BCUT2D eigenvalue weighted by atomic mass is 10.1. The molecule has 0 radical (unpaired) electrons. The first-order valence-electron chi connectivity index (χ1n) is 10.5. The molecule has 1 aliphatic rings. The number of rotatable bonds is 5. The van der Waals surface area contributed by atoms with Crippen LogP contribution in [0.15, 0.2) is 51.3 Å². The molecule has 1 saturated heterocycles.